The molecule has 0 atom stereocenters. The van der Waals surface area contributed by atoms with E-state index in [4.69, 9.17) is 5.73 Å². The maximum atomic E-state index is 5.86. The van der Waals surface area contributed by atoms with Gasteiger partial charge in [0.1, 0.15) is 0 Å². The smallest absolute Gasteiger partial charge is 0.200 e. The minimum atomic E-state index is 0.577. The summed E-state index contributed by atoms with van der Waals surface area (Å²) in [7, 11) is 0. The topological polar surface area (TPSA) is 47.1 Å². The molecular weight excluding hydrogens is 236 g/mol. The quantitative estimate of drug-likeness (QED) is 0.918. The van der Waals surface area contributed by atoms with Crippen LogP contribution in [0, 0.1) is 0 Å². The Balaban J connectivity index is 1.86. The van der Waals surface area contributed by atoms with Crippen LogP contribution in [-0.2, 0) is 6.54 Å². The molecular formula is C15H20N4. The molecule has 0 amide bonds. The van der Waals surface area contributed by atoms with Gasteiger partial charge >= 0.3 is 0 Å². The van der Waals surface area contributed by atoms with Crippen molar-refractivity contribution in [1.29, 1.82) is 0 Å². The van der Waals surface area contributed by atoms with E-state index in [1.54, 1.807) is 6.20 Å². The number of rotatable bonds is 3. The molecule has 0 radical (unpaired) electrons. The largest absolute Gasteiger partial charge is 0.371 e. The van der Waals surface area contributed by atoms with Crippen molar-refractivity contribution in [3.05, 3.63) is 42.2 Å². The van der Waals surface area contributed by atoms with E-state index in [-0.39, 0.29) is 0 Å². The molecule has 4 nitrogen and oxygen atoms in total. The molecule has 0 unspecified atom stereocenters. The summed E-state index contributed by atoms with van der Waals surface area (Å²) >= 11 is 0. The molecule has 1 fully saturated rings. The van der Waals surface area contributed by atoms with Crippen molar-refractivity contribution in [2.24, 2.45) is 0 Å². The number of aromatic nitrogens is 2. The third kappa shape index (κ3) is 2.57. The molecule has 2 aromatic rings. The van der Waals surface area contributed by atoms with Crippen LogP contribution in [0.1, 0.15) is 24.8 Å². The van der Waals surface area contributed by atoms with Crippen LogP contribution in [0.25, 0.3) is 0 Å². The molecule has 0 aliphatic carbocycles. The SMILES string of the molecule is Nc1nccn1Cc1ccccc1N1CCCCC1. The van der Waals surface area contributed by atoms with Crippen LogP contribution in [0.4, 0.5) is 11.6 Å². The van der Waals surface area contributed by atoms with Crippen molar-refractivity contribution >= 4 is 11.6 Å². The van der Waals surface area contributed by atoms with Gasteiger partial charge in [0.05, 0.1) is 6.54 Å². The number of piperidine rings is 1. The van der Waals surface area contributed by atoms with E-state index in [0.29, 0.717) is 5.95 Å². The summed E-state index contributed by atoms with van der Waals surface area (Å²) in [4.78, 5) is 6.57. The van der Waals surface area contributed by atoms with Crippen LogP contribution in [0.2, 0.25) is 0 Å². The van der Waals surface area contributed by atoms with Gasteiger partial charge in [0.25, 0.3) is 0 Å². The molecule has 1 aliphatic rings. The fourth-order valence-electron chi connectivity index (χ4n) is 2.75. The minimum absolute atomic E-state index is 0.577. The Labute approximate surface area is 113 Å². The van der Waals surface area contributed by atoms with Crippen LogP contribution < -0.4 is 10.6 Å². The summed E-state index contributed by atoms with van der Waals surface area (Å²) in [5.74, 6) is 0.577. The maximum absolute atomic E-state index is 5.86. The third-order valence-electron chi connectivity index (χ3n) is 3.78. The molecule has 0 bridgehead atoms. The highest BCUT2D eigenvalue weighted by Gasteiger charge is 2.14. The Morgan fingerprint density at radius 2 is 1.89 bits per heavy atom. The molecule has 1 saturated heterocycles. The van der Waals surface area contributed by atoms with Crippen molar-refractivity contribution in [2.45, 2.75) is 25.8 Å². The summed E-state index contributed by atoms with van der Waals surface area (Å²) in [6.07, 6.45) is 7.62. The van der Waals surface area contributed by atoms with Crippen molar-refractivity contribution in [2.75, 3.05) is 23.7 Å². The van der Waals surface area contributed by atoms with Gasteiger partial charge in [0, 0.05) is 31.2 Å². The summed E-state index contributed by atoms with van der Waals surface area (Å²) in [5.41, 5.74) is 8.51. The van der Waals surface area contributed by atoms with E-state index < -0.39 is 0 Å². The normalized spacial score (nSPS) is 15.7. The molecule has 3 rings (SSSR count). The Kier molecular flexibility index (Phi) is 3.40. The number of hydrogen-bond acceptors (Lipinski definition) is 3. The van der Waals surface area contributed by atoms with Crippen LogP contribution in [0.5, 0.6) is 0 Å². The Bertz CT molecular complexity index is 541. The van der Waals surface area contributed by atoms with Crippen LogP contribution in [0.3, 0.4) is 0 Å². The molecule has 2 heterocycles. The van der Waals surface area contributed by atoms with Gasteiger partial charge in [-0.3, -0.25) is 0 Å². The van der Waals surface area contributed by atoms with Gasteiger partial charge in [-0.15, -0.1) is 0 Å². The molecule has 0 spiro atoms. The standard InChI is InChI=1S/C15H20N4/c16-15-17-8-11-19(15)12-13-6-2-3-7-14(13)18-9-4-1-5-10-18/h2-3,6-8,11H,1,4-5,9-10,12H2,(H2,16,17). The average Bonchev–Trinajstić information content (AvgIpc) is 2.86. The van der Waals surface area contributed by atoms with E-state index in [9.17, 15) is 0 Å². The van der Waals surface area contributed by atoms with Gasteiger partial charge in [-0.2, -0.15) is 0 Å². The summed E-state index contributed by atoms with van der Waals surface area (Å²) < 4.78 is 1.99. The van der Waals surface area contributed by atoms with Gasteiger partial charge in [0.2, 0.25) is 0 Å². The van der Waals surface area contributed by atoms with E-state index in [1.807, 2.05) is 10.8 Å². The number of nitrogens with two attached hydrogens (primary N) is 1. The Hall–Kier alpha value is -1.97. The van der Waals surface area contributed by atoms with Crippen molar-refractivity contribution in [3.63, 3.8) is 0 Å². The van der Waals surface area contributed by atoms with Gasteiger partial charge in [-0.05, 0) is 30.9 Å². The predicted molar refractivity (Wildman–Crippen MR) is 78.2 cm³/mol. The van der Waals surface area contributed by atoms with Crippen molar-refractivity contribution in [3.8, 4) is 0 Å². The zero-order chi connectivity index (χ0) is 13.1. The highest BCUT2D eigenvalue weighted by molar-refractivity contribution is 5.54. The Morgan fingerprint density at radius 1 is 1.11 bits per heavy atom. The molecule has 0 saturated carbocycles. The first-order valence-corrected chi connectivity index (χ1v) is 6.94. The summed E-state index contributed by atoms with van der Waals surface area (Å²) in [6, 6.07) is 8.61. The molecule has 1 aromatic carbocycles. The van der Waals surface area contributed by atoms with Crippen molar-refractivity contribution in [1.82, 2.24) is 9.55 Å². The first kappa shape index (κ1) is 12.1. The second kappa shape index (κ2) is 5.34. The highest BCUT2D eigenvalue weighted by Crippen LogP contribution is 2.25. The third-order valence-corrected chi connectivity index (χ3v) is 3.78. The van der Waals surface area contributed by atoms with Gasteiger partial charge in [-0.25, -0.2) is 4.98 Å². The van der Waals surface area contributed by atoms with Crippen LogP contribution >= 0.6 is 0 Å². The zero-order valence-corrected chi connectivity index (χ0v) is 11.1. The number of hydrogen-bond donors (Lipinski definition) is 1. The molecule has 4 heteroatoms. The lowest BCUT2D eigenvalue weighted by Gasteiger charge is -2.30. The molecule has 1 aromatic heterocycles. The van der Waals surface area contributed by atoms with E-state index in [1.165, 1.54) is 30.5 Å². The fraction of sp³-hybridized carbons (Fsp3) is 0.400. The first-order valence-electron chi connectivity index (χ1n) is 6.94. The molecule has 19 heavy (non-hydrogen) atoms. The monoisotopic (exact) mass is 256 g/mol. The Morgan fingerprint density at radius 3 is 2.63 bits per heavy atom. The second-order valence-electron chi connectivity index (χ2n) is 5.09. The first-order chi connectivity index (χ1) is 9.34. The van der Waals surface area contributed by atoms with E-state index >= 15 is 0 Å². The minimum Gasteiger partial charge on any atom is -0.371 e. The number of nitrogens with zero attached hydrogens (tertiary/aromatic N) is 3. The fourth-order valence-corrected chi connectivity index (χ4v) is 2.75. The lowest BCUT2D eigenvalue weighted by atomic mass is 10.1. The highest BCUT2D eigenvalue weighted by atomic mass is 15.2. The maximum Gasteiger partial charge on any atom is 0.200 e. The zero-order valence-electron chi connectivity index (χ0n) is 11.1. The van der Waals surface area contributed by atoms with Gasteiger partial charge < -0.3 is 15.2 Å². The lowest BCUT2D eigenvalue weighted by Crippen LogP contribution is -2.30. The average molecular weight is 256 g/mol. The second-order valence-corrected chi connectivity index (χ2v) is 5.09. The van der Waals surface area contributed by atoms with Crippen LogP contribution in [-0.4, -0.2) is 22.6 Å². The summed E-state index contributed by atoms with van der Waals surface area (Å²) in [5, 5.41) is 0. The van der Waals surface area contributed by atoms with Gasteiger partial charge in [-0.1, -0.05) is 18.2 Å². The van der Waals surface area contributed by atoms with Crippen LogP contribution in [0.15, 0.2) is 36.7 Å². The molecule has 100 valence electrons. The summed E-state index contributed by atoms with van der Waals surface area (Å²) in [6.45, 7) is 3.12. The number of benzene rings is 1. The van der Waals surface area contributed by atoms with E-state index in [2.05, 4.69) is 34.1 Å². The molecule has 1 aliphatic heterocycles. The molecule has 2 N–H and O–H groups in total. The lowest BCUT2D eigenvalue weighted by molar-refractivity contribution is 0.575. The predicted octanol–water partition coefficient (Wildman–Crippen LogP) is 2.50. The number of anilines is 2. The number of para-hydroxylation sites is 1. The van der Waals surface area contributed by atoms with Crippen molar-refractivity contribution < 1.29 is 0 Å². The van der Waals surface area contributed by atoms with Gasteiger partial charge in [0.15, 0.2) is 5.95 Å². The van der Waals surface area contributed by atoms with E-state index in [0.717, 1.165) is 19.6 Å². The number of nitrogen functional groups attached to an aromatic ring is 1. The number of imidazole rings is 1.